The van der Waals surface area contributed by atoms with Crippen LogP contribution >= 0.6 is 39.0 Å². The number of halogens is 1. The molecule has 0 amide bonds. The van der Waals surface area contributed by atoms with Crippen LogP contribution < -0.4 is 0 Å². The molecule has 0 N–H and O–H groups in total. The molecule has 0 saturated carbocycles. The molecule has 1 heterocycles. The van der Waals surface area contributed by atoms with Crippen molar-refractivity contribution < 1.29 is 4.79 Å². The Morgan fingerprint density at radius 2 is 1.94 bits per heavy atom. The second-order valence-corrected chi connectivity index (χ2v) is 6.83. The number of hydrogen-bond donors (Lipinski definition) is 0. The fraction of sp³-hybridized carbons (Fsp3) is 0.154. The van der Waals surface area contributed by atoms with Gasteiger partial charge in [-0.3, -0.25) is 4.79 Å². The highest BCUT2D eigenvalue weighted by atomic mass is 79.9. The molecule has 0 radical (unpaired) electrons. The molecule has 0 fully saturated rings. The maximum atomic E-state index is 11.9. The van der Waals surface area contributed by atoms with Crippen LogP contribution in [0.5, 0.6) is 0 Å². The standard InChI is InChI=1S/C13H11BrOS2/c1-9-2-7-13(17-9)12(15)8-16-11-5-3-10(14)4-6-11/h2-7H,8H2,1H3. The van der Waals surface area contributed by atoms with Gasteiger partial charge < -0.3 is 0 Å². The van der Waals surface area contributed by atoms with E-state index in [9.17, 15) is 4.79 Å². The van der Waals surface area contributed by atoms with Gasteiger partial charge >= 0.3 is 0 Å². The Morgan fingerprint density at radius 1 is 1.24 bits per heavy atom. The molecule has 0 atom stereocenters. The number of carbonyl (C=O) groups is 1. The van der Waals surface area contributed by atoms with Crippen LogP contribution in [0.4, 0.5) is 0 Å². The molecule has 0 aliphatic heterocycles. The average Bonchev–Trinajstić information content (AvgIpc) is 2.75. The van der Waals surface area contributed by atoms with Crippen molar-refractivity contribution in [3.8, 4) is 0 Å². The predicted molar refractivity (Wildman–Crippen MR) is 78.3 cm³/mol. The molecule has 0 saturated heterocycles. The van der Waals surface area contributed by atoms with E-state index in [0.717, 1.165) is 14.2 Å². The molecule has 1 aromatic carbocycles. The van der Waals surface area contributed by atoms with E-state index in [-0.39, 0.29) is 5.78 Å². The Morgan fingerprint density at radius 3 is 2.53 bits per heavy atom. The van der Waals surface area contributed by atoms with E-state index in [1.54, 1.807) is 23.1 Å². The van der Waals surface area contributed by atoms with E-state index >= 15 is 0 Å². The summed E-state index contributed by atoms with van der Waals surface area (Å²) in [7, 11) is 0. The lowest BCUT2D eigenvalue weighted by atomic mass is 10.3. The van der Waals surface area contributed by atoms with Crippen LogP contribution in [-0.4, -0.2) is 11.5 Å². The monoisotopic (exact) mass is 326 g/mol. The molecular formula is C13H11BrOS2. The van der Waals surface area contributed by atoms with Crippen molar-refractivity contribution in [3.63, 3.8) is 0 Å². The van der Waals surface area contributed by atoms with Crippen molar-refractivity contribution in [2.75, 3.05) is 5.75 Å². The summed E-state index contributed by atoms with van der Waals surface area (Å²) < 4.78 is 1.06. The van der Waals surface area contributed by atoms with Gasteiger partial charge in [-0.15, -0.1) is 23.1 Å². The van der Waals surface area contributed by atoms with E-state index in [0.29, 0.717) is 5.75 Å². The maximum absolute atomic E-state index is 11.9. The normalized spacial score (nSPS) is 10.5. The molecule has 4 heteroatoms. The minimum atomic E-state index is 0.205. The summed E-state index contributed by atoms with van der Waals surface area (Å²) in [5, 5.41) is 0. The number of benzene rings is 1. The maximum Gasteiger partial charge on any atom is 0.182 e. The van der Waals surface area contributed by atoms with Crippen LogP contribution in [0.1, 0.15) is 14.5 Å². The topological polar surface area (TPSA) is 17.1 Å². The lowest BCUT2D eigenvalue weighted by Gasteiger charge is -2.00. The van der Waals surface area contributed by atoms with Gasteiger partial charge in [-0.25, -0.2) is 0 Å². The molecular weight excluding hydrogens is 316 g/mol. The number of carbonyl (C=O) groups excluding carboxylic acids is 1. The van der Waals surface area contributed by atoms with Crippen LogP contribution in [0, 0.1) is 6.92 Å². The van der Waals surface area contributed by atoms with E-state index in [4.69, 9.17) is 0 Å². The van der Waals surface area contributed by atoms with Gasteiger partial charge in [0.15, 0.2) is 5.78 Å². The van der Waals surface area contributed by atoms with Crippen LogP contribution in [0.2, 0.25) is 0 Å². The van der Waals surface area contributed by atoms with Gasteiger partial charge in [0.25, 0.3) is 0 Å². The average molecular weight is 327 g/mol. The molecule has 0 aliphatic carbocycles. The predicted octanol–water partition coefficient (Wildman–Crippen LogP) is 4.79. The van der Waals surface area contributed by atoms with Gasteiger partial charge in [0.1, 0.15) is 0 Å². The Kier molecular flexibility index (Phi) is 4.42. The molecule has 2 rings (SSSR count). The molecule has 88 valence electrons. The molecule has 0 spiro atoms. The summed E-state index contributed by atoms with van der Waals surface area (Å²) in [4.78, 5) is 15.0. The van der Waals surface area contributed by atoms with Crippen molar-refractivity contribution in [1.29, 1.82) is 0 Å². The second kappa shape index (κ2) is 5.85. The summed E-state index contributed by atoms with van der Waals surface area (Å²) in [5.41, 5.74) is 0. The molecule has 2 aromatic rings. The molecule has 0 aliphatic rings. The second-order valence-electron chi connectivity index (χ2n) is 3.58. The molecule has 17 heavy (non-hydrogen) atoms. The summed E-state index contributed by atoms with van der Waals surface area (Å²) >= 11 is 6.53. The highest BCUT2D eigenvalue weighted by molar-refractivity contribution is 9.10. The van der Waals surface area contributed by atoms with Gasteiger partial charge in [0.05, 0.1) is 10.6 Å². The van der Waals surface area contributed by atoms with Crippen LogP contribution in [0.25, 0.3) is 0 Å². The number of hydrogen-bond acceptors (Lipinski definition) is 3. The fourth-order valence-corrected chi connectivity index (χ4v) is 3.28. The number of thioether (sulfide) groups is 1. The Balaban J connectivity index is 1.94. The zero-order valence-corrected chi connectivity index (χ0v) is 12.5. The zero-order chi connectivity index (χ0) is 12.3. The lowest BCUT2D eigenvalue weighted by Crippen LogP contribution is -1.98. The number of thiophene rings is 1. The minimum absolute atomic E-state index is 0.205. The number of aryl methyl sites for hydroxylation is 1. The number of Topliss-reactive ketones (excluding diaryl/α,β-unsaturated/α-hetero) is 1. The summed E-state index contributed by atoms with van der Waals surface area (Å²) in [6, 6.07) is 11.9. The highest BCUT2D eigenvalue weighted by Crippen LogP contribution is 2.23. The zero-order valence-electron chi connectivity index (χ0n) is 9.27. The Labute approximate surface area is 117 Å². The Bertz CT molecular complexity index is 516. The van der Waals surface area contributed by atoms with E-state index < -0.39 is 0 Å². The van der Waals surface area contributed by atoms with Crippen molar-refractivity contribution in [1.82, 2.24) is 0 Å². The highest BCUT2D eigenvalue weighted by Gasteiger charge is 2.08. The first-order valence-electron chi connectivity index (χ1n) is 5.13. The third-order valence-corrected chi connectivity index (χ3v) is 4.78. The Hall–Kier alpha value is -0.580. The van der Waals surface area contributed by atoms with Crippen LogP contribution in [0.3, 0.4) is 0 Å². The largest absolute Gasteiger partial charge is 0.292 e. The van der Waals surface area contributed by atoms with Gasteiger partial charge in [-0.1, -0.05) is 15.9 Å². The van der Waals surface area contributed by atoms with E-state index in [1.165, 1.54) is 4.88 Å². The smallest absolute Gasteiger partial charge is 0.182 e. The molecule has 1 nitrogen and oxygen atoms in total. The van der Waals surface area contributed by atoms with Gasteiger partial charge in [0, 0.05) is 14.2 Å². The van der Waals surface area contributed by atoms with Crippen LogP contribution in [0.15, 0.2) is 45.8 Å². The summed E-state index contributed by atoms with van der Waals surface area (Å²) in [5.74, 6) is 0.706. The third-order valence-electron chi connectivity index (χ3n) is 2.20. The SMILES string of the molecule is Cc1ccc(C(=O)CSc2ccc(Br)cc2)s1. The van der Waals surface area contributed by atoms with Crippen molar-refractivity contribution in [3.05, 3.63) is 50.6 Å². The quantitative estimate of drug-likeness (QED) is 0.593. The van der Waals surface area contributed by atoms with Gasteiger partial charge in [0.2, 0.25) is 0 Å². The lowest BCUT2D eigenvalue weighted by molar-refractivity contribution is 0.102. The van der Waals surface area contributed by atoms with E-state index in [2.05, 4.69) is 15.9 Å². The minimum Gasteiger partial charge on any atom is -0.292 e. The third kappa shape index (κ3) is 3.69. The van der Waals surface area contributed by atoms with E-state index in [1.807, 2.05) is 43.3 Å². The first-order chi connectivity index (χ1) is 8.15. The summed E-state index contributed by atoms with van der Waals surface area (Å²) in [6.45, 7) is 2.02. The molecule has 0 unspecified atom stereocenters. The first kappa shape index (κ1) is 12.9. The number of rotatable bonds is 4. The summed E-state index contributed by atoms with van der Waals surface area (Å²) in [6.07, 6.45) is 0. The van der Waals surface area contributed by atoms with Gasteiger partial charge in [-0.05, 0) is 43.3 Å². The van der Waals surface area contributed by atoms with Crippen LogP contribution in [-0.2, 0) is 0 Å². The van der Waals surface area contributed by atoms with Gasteiger partial charge in [-0.2, -0.15) is 0 Å². The first-order valence-corrected chi connectivity index (χ1v) is 7.72. The number of ketones is 1. The molecule has 0 bridgehead atoms. The van der Waals surface area contributed by atoms with Crippen molar-refractivity contribution in [2.45, 2.75) is 11.8 Å². The van der Waals surface area contributed by atoms with Crippen molar-refractivity contribution >= 4 is 44.8 Å². The fourth-order valence-electron chi connectivity index (χ4n) is 1.34. The van der Waals surface area contributed by atoms with Crippen molar-refractivity contribution in [2.24, 2.45) is 0 Å². The molecule has 1 aromatic heterocycles.